The Kier molecular flexibility index (Phi) is 13.8. The van der Waals surface area contributed by atoms with Gasteiger partial charge in [-0.1, -0.05) is 93.5 Å². The van der Waals surface area contributed by atoms with Crippen molar-refractivity contribution >= 4 is 24.1 Å². The summed E-state index contributed by atoms with van der Waals surface area (Å²) in [6, 6.07) is 10.7. The van der Waals surface area contributed by atoms with E-state index in [0.717, 1.165) is 11.1 Å². The van der Waals surface area contributed by atoms with Crippen LogP contribution in [-0.4, -0.2) is 96.2 Å². The van der Waals surface area contributed by atoms with Gasteiger partial charge in [0.15, 0.2) is 24.2 Å². The van der Waals surface area contributed by atoms with E-state index in [2.05, 4.69) is 0 Å². The SMILES string of the molecule is CC(O)(O)/C=C/c1cc(C(=O)OCC(C)(C)C2OCC3(CO2)COC(C(C)(C)COC(=O)c2cc(/C=C/C(C)(O)O)cc(C(C)(C)C)c2)OC3)cc(C(C)(C)C)c1. The van der Waals surface area contributed by atoms with Gasteiger partial charge in [-0.2, -0.15) is 0 Å². The monoisotopic (exact) mass is 796 g/mol. The van der Waals surface area contributed by atoms with E-state index in [4.69, 9.17) is 28.4 Å². The minimum absolute atomic E-state index is 0.0189. The minimum atomic E-state index is -2.00. The predicted octanol–water partition coefficient (Wildman–Crippen LogP) is 6.51. The van der Waals surface area contributed by atoms with E-state index in [1.54, 1.807) is 36.4 Å². The molecule has 0 amide bonds. The first kappa shape index (κ1) is 46.2. The van der Waals surface area contributed by atoms with E-state index in [9.17, 15) is 30.0 Å². The first-order valence-corrected chi connectivity index (χ1v) is 19.4. The van der Waals surface area contributed by atoms with Crippen molar-refractivity contribution in [3.63, 3.8) is 0 Å². The molecule has 2 fully saturated rings. The summed E-state index contributed by atoms with van der Waals surface area (Å²) in [4.78, 5) is 26.7. The van der Waals surface area contributed by atoms with Crippen LogP contribution in [0.15, 0.2) is 48.6 Å². The van der Waals surface area contributed by atoms with Gasteiger partial charge >= 0.3 is 11.9 Å². The third-order valence-corrected chi connectivity index (χ3v) is 9.89. The maximum atomic E-state index is 13.3. The highest BCUT2D eigenvalue weighted by Gasteiger charge is 2.48. The second kappa shape index (κ2) is 17.0. The van der Waals surface area contributed by atoms with Crippen LogP contribution >= 0.6 is 0 Å². The van der Waals surface area contributed by atoms with Crippen molar-refractivity contribution in [2.24, 2.45) is 16.2 Å². The fourth-order valence-corrected chi connectivity index (χ4v) is 6.17. The fourth-order valence-electron chi connectivity index (χ4n) is 6.17. The molecule has 0 radical (unpaired) electrons. The molecule has 0 atom stereocenters. The number of esters is 2. The second-order valence-electron chi connectivity index (χ2n) is 19.6. The average molecular weight is 797 g/mol. The number of hydrogen-bond acceptors (Lipinski definition) is 12. The van der Waals surface area contributed by atoms with Crippen LogP contribution in [0.1, 0.15) is 126 Å². The predicted molar refractivity (Wildman–Crippen MR) is 216 cm³/mol. The van der Waals surface area contributed by atoms with E-state index in [0.29, 0.717) is 48.7 Å². The Morgan fingerprint density at radius 1 is 0.579 bits per heavy atom. The molecular formula is C45H64O12. The molecule has 4 rings (SSSR count). The van der Waals surface area contributed by atoms with E-state index in [1.807, 2.05) is 81.4 Å². The number of benzene rings is 2. The number of carbonyl (C=O) groups excluding carboxylic acids is 2. The summed E-state index contributed by atoms with van der Waals surface area (Å²) in [5.41, 5.74) is 1.23. The Bertz CT molecular complexity index is 1640. The molecule has 2 aliphatic rings. The first-order valence-electron chi connectivity index (χ1n) is 19.4. The van der Waals surface area contributed by atoms with Crippen molar-refractivity contribution < 1.29 is 58.4 Å². The molecule has 2 aromatic carbocycles. The Morgan fingerprint density at radius 2 is 0.895 bits per heavy atom. The van der Waals surface area contributed by atoms with Gasteiger partial charge in [0, 0.05) is 10.8 Å². The number of ether oxygens (including phenoxy) is 6. The standard InChI is InChI=1S/C45H64O12/c1-39(2,3)33-19-29(13-15-43(11,48)49)17-31(21-33)35(46)52-23-41(7,8)37-54-25-45(26-55-37)27-56-38(57-28-45)42(9,10)24-53-36(47)32-18-30(14-16-44(12,50)51)20-34(22-32)40(4,5)6/h13-22,37-38,48-51H,23-28H2,1-12H3/b15-13+,16-14+. The summed E-state index contributed by atoms with van der Waals surface area (Å²) in [6.45, 7) is 23.5. The molecule has 0 saturated carbocycles. The summed E-state index contributed by atoms with van der Waals surface area (Å²) in [6.07, 6.45) is 4.28. The molecule has 2 heterocycles. The highest BCUT2D eigenvalue weighted by atomic mass is 16.7. The molecule has 0 aromatic heterocycles. The van der Waals surface area contributed by atoms with Crippen LogP contribution in [0, 0.1) is 16.2 Å². The molecule has 316 valence electrons. The van der Waals surface area contributed by atoms with Crippen LogP contribution in [0.2, 0.25) is 0 Å². The molecule has 1 spiro atoms. The minimum Gasteiger partial charge on any atom is -0.461 e. The van der Waals surface area contributed by atoms with Gasteiger partial charge in [0.05, 0.1) is 43.0 Å². The summed E-state index contributed by atoms with van der Waals surface area (Å²) >= 11 is 0. The average Bonchev–Trinajstić information content (AvgIpc) is 3.10. The summed E-state index contributed by atoms with van der Waals surface area (Å²) in [7, 11) is 0. The zero-order valence-corrected chi connectivity index (χ0v) is 35.7. The van der Waals surface area contributed by atoms with Crippen LogP contribution in [0.5, 0.6) is 0 Å². The maximum Gasteiger partial charge on any atom is 0.338 e. The van der Waals surface area contributed by atoms with Crippen molar-refractivity contribution in [1.82, 2.24) is 0 Å². The Morgan fingerprint density at radius 3 is 1.18 bits per heavy atom. The van der Waals surface area contributed by atoms with Gasteiger partial charge in [-0.3, -0.25) is 0 Å². The van der Waals surface area contributed by atoms with Gasteiger partial charge in [-0.25, -0.2) is 9.59 Å². The molecule has 0 bridgehead atoms. The Labute approximate surface area is 337 Å². The lowest BCUT2D eigenvalue weighted by molar-refractivity contribution is -0.336. The summed E-state index contributed by atoms with van der Waals surface area (Å²) in [5, 5.41) is 39.0. The quantitative estimate of drug-likeness (QED) is 0.136. The zero-order valence-electron chi connectivity index (χ0n) is 35.7. The van der Waals surface area contributed by atoms with Crippen LogP contribution in [0.25, 0.3) is 12.2 Å². The second-order valence-corrected chi connectivity index (χ2v) is 19.6. The van der Waals surface area contributed by atoms with E-state index < -0.39 is 52.3 Å². The topological polar surface area (TPSA) is 170 Å². The number of rotatable bonds is 12. The molecule has 2 saturated heterocycles. The molecular weight excluding hydrogens is 732 g/mol. The van der Waals surface area contributed by atoms with Gasteiger partial charge in [-0.15, -0.1) is 0 Å². The number of hydrogen-bond donors (Lipinski definition) is 4. The van der Waals surface area contributed by atoms with Crippen molar-refractivity contribution in [2.45, 2.75) is 118 Å². The highest BCUT2D eigenvalue weighted by molar-refractivity contribution is 5.91. The highest BCUT2D eigenvalue weighted by Crippen LogP contribution is 2.39. The molecule has 0 aliphatic carbocycles. The number of aliphatic hydroxyl groups is 4. The van der Waals surface area contributed by atoms with Gasteiger partial charge in [0.25, 0.3) is 0 Å². The van der Waals surface area contributed by atoms with Gasteiger partial charge < -0.3 is 48.8 Å². The van der Waals surface area contributed by atoms with Crippen molar-refractivity contribution in [3.8, 4) is 0 Å². The maximum absolute atomic E-state index is 13.3. The molecule has 12 heteroatoms. The summed E-state index contributed by atoms with van der Waals surface area (Å²) < 4.78 is 36.5. The van der Waals surface area contributed by atoms with E-state index in [1.165, 1.54) is 26.0 Å². The van der Waals surface area contributed by atoms with Crippen molar-refractivity contribution in [2.75, 3.05) is 39.6 Å². The van der Waals surface area contributed by atoms with Crippen molar-refractivity contribution in [3.05, 3.63) is 81.9 Å². The van der Waals surface area contributed by atoms with E-state index in [-0.39, 0.29) is 24.0 Å². The third kappa shape index (κ3) is 13.3. The van der Waals surface area contributed by atoms with Gasteiger partial charge in [0.2, 0.25) is 0 Å². The molecule has 4 N–H and O–H groups in total. The van der Waals surface area contributed by atoms with Crippen LogP contribution in [0.3, 0.4) is 0 Å². The number of carbonyl (C=O) groups is 2. The third-order valence-electron chi connectivity index (χ3n) is 9.89. The smallest absolute Gasteiger partial charge is 0.338 e. The van der Waals surface area contributed by atoms with Crippen molar-refractivity contribution in [1.29, 1.82) is 0 Å². The molecule has 2 aliphatic heterocycles. The summed E-state index contributed by atoms with van der Waals surface area (Å²) in [5.74, 6) is -5.03. The first-order chi connectivity index (χ1) is 26.0. The molecule has 0 unspecified atom stereocenters. The largest absolute Gasteiger partial charge is 0.461 e. The van der Waals surface area contributed by atoms with Gasteiger partial charge in [0.1, 0.15) is 13.2 Å². The fraction of sp³-hybridized carbons (Fsp3) is 0.600. The Balaban J connectivity index is 1.32. The molecule has 57 heavy (non-hydrogen) atoms. The van der Waals surface area contributed by atoms with Gasteiger partial charge in [-0.05, 0) is 83.3 Å². The lowest BCUT2D eigenvalue weighted by Crippen LogP contribution is -2.57. The molecule has 2 aromatic rings. The molecule has 12 nitrogen and oxygen atoms in total. The van der Waals surface area contributed by atoms with Crippen LogP contribution < -0.4 is 0 Å². The normalized spacial score (nSPS) is 21.7. The van der Waals surface area contributed by atoms with Crippen LogP contribution in [0.4, 0.5) is 0 Å². The lowest BCUT2D eigenvalue weighted by Gasteiger charge is -2.48. The Hall–Kier alpha value is -3.46. The zero-order chi connectivity index (χ0) is 42.8. The van der Waals surface area contributed by atoms with E-state index >= 15 is 0 Å². The lowest BCUT2D eigenvalue weighted by atomic mass is 9.85. The van der Waals surface area contributed by atoms with Crippen LogP contribution in [-0.2, 0) is 39.3 Å².